The van der Waals surface area contributed by atoms with Gasteiger partial charge in [0.05, 0.1) is 17.5 Å². The van der Waals surface area contributed by atoms with Crippen molar-refractivity contribution in [2.24, 2.45) is 11.8 Å². The molecule has 2 bridgehead atoms. The van der Waals surface area contributed by atoms with Crippen LogP contribution in [0.5, 0.6) is 0 Å². The molecule has 1 atom stereocenters. The molecule has 0 saturated heterocycles. The van der Waals surface area contributed by atoms with Gasteiger partial charge < -0.3 is 10.3 Å². The predicted molar refractivity (Wildman–Crippen MR) is 109 cm³/mol. The third kappa shape index (κ3) is 3.03. The van der Waals surface area contributed by atoms with Crippen LogP contribution >= 0.6 is 11.6 Å². The molecule has 6 nitrogen and oxygen atoms in total. The maximum absolute atomic E-state index is 15.1. The lowest BCUT2D eigenvalue weighted by Crippen LogP contribution is -2.40. The van der Waals surface area contributed by atoms with Gasteiger partial charge in [0, 0.05) is 23.4 Å². The third-order valence-electron chi connectivity index (χ3n) is 6.46. The van der Waals surface area contributed by atoms with Crippen molar-refractivity contribution in [3.8, 4) is 17.3 Å². The maximum atomic E-state index is 15.1. The van der Waals surface area contributed by atoms with Crippen LogP contribution in [0.1, 0.15) is 43.2 Å². The Balaban J connectivity index is 1.61. The Labute approximate surface area is 172 Å². The van der Waals surface area contributed by atoms with Gasteiger partial charge in [0.1, 0.15) is 16.7 Å². The summed E-state index contributed by atoms with van der Waals surface area (Å²) in [4.78, 5) is 16.1. The average molecular weight is 411 g/mol. The van der Waals surface area contributed by atoms with E-state index in [1.165, 1.54) is 31.9 Å². The van der Waals surface area contributed by atoms with E-state index >= 15 is 4.39 Å². The molecular formula is C21H20ClFN6. The van der Waals surface area contributed by atoms with E-state index in [1.54, 1.807) is 13.1 Å². The van der Waals surface area contributed by atoms with Crippen molar-refractivity contribution in [3.63, 3.8) is 0 Å². The van der Waals surface area contributed by atoms with E-state index in [1.807, 2.05) is 0 Å². The van der Waals surface area contributed by atoms with Crippen LogP contribution in [-0.2, 0) is 0 Å². The molecule has 3 heterocycles. The molecule has 29 heavy (non-hydrogen) atoms. The van der Waals surface area contributed by atoms with Crippen molar-refractivity contribution in [1.29, 1.82) is 5.26 Å². The molecular weight excluding hydrogens is 391 g/mol. The highest BCUT2D eigenvalue weighted by Crippen LogP contribution is 2.43. The first-order valence-electron chi connectivity index (χ1n) is 9.92. The van der Waals surface area contributed by atoms with Crippen LogP contribution < -0.4 is 5.32 Å². The minimum Gasteiger partial charge on any atom is -0.365 e. The summed E-state index contributed by atoms with van der Waals surface area (Å²) in [6, 6.07) is 2.33. The zero-order valence-corrected chi connectivity index (χ0v) is 16.7. The number of aromatic nitrogens is 4. The third-order valence-corrected chi connectivity index (χ3v) is 6.64. The van der Waals surface area contributed by atoms with Gasteiger partial charge in [-0.2, -0.15) is 5.26 Å². The number of halogens is 2. The van der Waals surface area contributed by atoms with E-state index in [-0.39, 0.29) is 28.1 Å². The molecule has 0 aromatic carbocycles. The number of nitriles is 1. The molecule has 3 fully saturated rings. The highest BCUT2D eigenvalue weighted by molar-refractivity contribution is 6.29. The molecule has 1 unspecified atom stereocenters. The average Bonchev–Trinajstić information content (AvgIpc) is 3.15. The van der Waals surface area contributed by atoms with Crippen LogP contribution in [0.3, 0.4) is 0 Å². The van der Waals surface area contributed by atoms with Crippen LogP contribution in [0.15, 0.2) is 12.4 Å². The molecule has 148 valence electrons. The lowest BCUT2D eigenvalue weighted by molar-refractivity contribution is 0.157. The van der Waals surface area contributed by atoms with E-state index < -0.39 is 5.82 Å². The van der Waals surface area contributed by atoms with Crippen molar-refractivity contribution < 1.29 is 4.39 Å². The van der Waals surface area contributed by atoms with E-state index in [0.717, 1.165) is 6.42 Å². The standard InChI is InChI=1S/C21H20ClFN6/c1-10-13(7-24)18(14-8-25-21-19(14)28-16(22)9-26-21)29-20(17(10)23)27-15-6-11-2-4-12(15)5-3-11/h8-9,11-12,15H,2-6H2,1H3,(H,25,26)(H,27,29). The van der Waals surface area contributed by atoms with Crippen molar-refractivity contribution in [1.82, 2.24) is 19.9 Å². The number of nitrogens with zero attached hydrogens (tertiary/aromatic N) is 4. The fourth-order valence-electron chi connectivity index (χ4n) is 4.89. The lowest BCUT2D eigenvalue weighted by atomic mass is 9.68. The molecule has 3 aromatic rings. The van der Waals surface area contributed by atoms with E-state index in [4.69, 9.17) is 11.6 Å². The number of H-pyrrole nitrogens is 1. The lowest BCUT2D eigenvalue weighted by Gasteiger charge is -2.42. The largest absolute Gasteiger partial charge is 0.365 e. The second kappa shape index (κ2) is 6.96. The Bertz CT molecular complexity index is 1140. The monoisotopic (exact) mass is 410 g/mol. The number of hydrogen-bond donors (Lipinski definition) is 2. The summed E-state index contributed by atoms with van der Waals surface area (Å²) in [5.41, 5.74) is 2.50. The molecule has 3 saturated carbocycles. The number of fused-ring (bicyclic) bond motifs is 4. The van der Waals surface area contributed by atoms with Crippen molar-refractivity contribution in [2.45, 2.75) is 45.1 Å². The van der Waals surface area contributed by atoms with Gasteiger partial charge in [-0.15, -0.1) is 0 Å². The predicted octanol–water partition coefficient (Wildman–Crippen LogP) is 4.98. The van der Waals surface area contributed by atoms with Gasteiger partial charge in [-0.05, 0) is 38.0 Å². The summed E-state index contributed by atoms with van der Waals surface area (Å²) < 4.78 is 15.1. The Morgan fingerprint density at radius 3 is 2.76 bits per heavy atom. The van der Waals surface area contributed by atoms with Gasteiger partial charge in [-0.3, -0.25) is 0 Å². The number of aromatic amines is 1. The summed E-state index contributed by atoms with van der Waals surface area (Å²) in [7, 11) is 0. The van der Waals surface area contributed by atoms with Gasteiger partial charge in [-0.1, -0.05) is 24.4 Å². The van der Waals surface area contributed by atoms with Crippen molar-refractivity contribution >= 4 is 28.6 Å². The topological polar surface area (TPSA) is 90.3 Å². The van der Waals surface area contributed by atoms with Gasteiger partial charge >= 0.3 is 0 Å². The zero-order chi connectivity index (χ0) is 20.1. The van der Waals surface area contributed by atoms with Gasteiger partial charge in [0.25, 0.3) is 0 Å². The molecule has 3 aliphatic carbocycles. The Morgan fingerprint density at radius 1 is 1.28 bits per heavy atom. The van der Waals surface area contributed by atoms with Crippen LogP contribution in [-0.4, -0.2) is 26.0 Å². The summed E-state index contributed by atoms with van der Waals surface area (Å²) in [6.45, 7) is 1.62. The van der Waals surface area contributed by atoms with Crippen LogP contribution in [0.2, 0.25) is 5.15 Å². The van der Waals surface area contributed by atoms with Gasteiger partial charge in [0.15, 0.2) is 17.3 Å². The molecule has 8 heteroatoms. The minimum atomic E-state index is -0.462. The minimum absolute atomic E-state index is 0.195. The van der Waals surface area contributed by atoms with Crippen LogP contribution in [0.25, 0.3) is 22.4 Å². The van der Waals surface area contributed by atoms with Crippen molar-refractivity contribution in [2.75, 3.05) is 5.32 Å². The molecule has 2 N–H and O–H groups in total. The zero-order valence-electron chi connectivity index (χ0n) is 16.0. The van der Waals surface area contributed by atoms with E-state index in [9.17, 15) is 5.26 Å². The second-order valence-corrected chi connectivity index (χ2v) is 8.48. The fourth-order valence-corrected chi connectivity index (χ4v) is 5.02. The number of anilines is 1. The van der Waals surface area contributed by atoms with Gasteiger partial charge in [-0.25, -0.2) is 19.3 Å². The SMILES string of the molecule is Cc1c(F)c(NC2CC3CCC2CC3)nc(-c2c[nH]c3ncc(Cl)nc23)c1C#N. The quantitative estimate of drug-likeness (QED) is 0.635. The summed E-state index contributed by atoms with van der Waals surface area (Å²) in [6.07, 6.45) is 9.09. The Kier molecular flexibility index (Phi) is 4.39. The van der Waals surface area contributed by atoms with E-state index in [0.29, 0.717) is 34.3 Å². The number of pyridine rings is 1. The normalized spacial score (nSPS) is 23.3. The summed E-state index contributed by atoms with van der Waals surface area (Å²) in [5, 5.41) is 13.3. The molecule has 0 radical (unpaired) electrons. The molecule has 3 aromatic heterocycles. The van der Waals surface area contributed by atoms with Crippen LogP contribution in [0, 0.1) is 35.9 Å². The molecule has 3 aliphatic rings. The highest BCUT2D eigenvalue weighted by Gasteiger charge is 2.36. The van der Waals surface area contributed by atoms with Gasteiger partial charge in [0.2, 0.25) is 0 Å². The van der Waals surface area contributed by atoms with Crippen LogP contribution in [0.4, 0.5) is 10.2 Å². The van der Waals surface area contributed by atoms with Crippen molar-refractivity contribution in [3.05, 3.63) is 34.5 Å². The van der Waals surface area contributed by atoms with E-state index in [2.05, 4.69) is 31.3 Å². The summed E-state index contributed by atoms with van der Waals surface area (Å²) >= 11 is 6.02. The molecule has 0 spiro atoms. The Hall–Kier alpha value is -2.72. The number of rotatable bonds is 3. The number of hydrogen-bond acceptors (Lipinski definition) is 5. The molecule has 0 amide bonds. The smallest absolute Gasteiger partial charge is 0.169 e. The number of nitrogens with one attached hydrogen (secondary N) is 2. The second-order valence-electron chi connectivity index (χ2n) is 8.09. The molecule has 0 aliphatic heterocycles. The highest BCUT2D eigenvalue weighted by atomic mass is 35.5. The molecule has 6 rings (SSSR count). The first-order chi connectivity index (χ1) is 14.0. The maximum Gasteiger partial charge on any atom is 0.169 e. The Morgan fingerprint density at radius 2 is 2.07 bits per heavy atom. The first kappa shape index (κ1) is 18.3. The first-order valence-corrected chi connectivity index (χ1v) is 10.3. The fraction of sp³-hybridized carbons (Fsp3) is 0.429. The summed E-state index contributed by atoms with van der Waals surface area (Å²) in [5.74, 6) is 1.01.